The molecule has 9 heteroatoms. The minimum Gasteiger partial charge on any atom is -0.335 e. The van der Waals surface area contributed by atoms with E-state index in [-0.39, 0.29) is 48.0 Å². The van der Waals surface area contributed by atoms with Crippen molar-refractivity contribution in [2.24, 2.45) is 0 Å². The SMILES string of the molecule is O=C(CN1[C@@H]2CC[C@@H]1CC(NC(=O)Nc1ccccc1)C2)Nc1ccccc1[N+](=O)[O-]. The number of nitrogens with one attached hydrogen (secondary N) is 3. The number of hydrogen-bond donors (Lipinski definition) is 3. The Morgan fingerprint density at radius 3 is 2.29 bits per heavy atom. The monoisotopic (exact) mass is 423 g/mol. The van der Waals surface area contributed by atoms with Crippen molar-refractivity contribution in [1.82, 2.24) is 10.2 Å². The molecule has 162 valence electrons. The van der Waals surface area contributed by atoms with Crippen LogP contribution in [0.1, 0.15) is 25.7 Å². The van der Waals surface area contributed by atoms with Crippen LogP contribution in [0, 0.1) is 10.1 Å². The van der Waals surface area contributed by atoms with Gasteiger partial charge in [0.15, 0.2) is 0 Å². The molecule has 3 N–H and O–H groups in total. The van der Waals surface area contributed by atoms with E-state index in [9.17, 15) is 19.7 Å². The number of piperidine rings is 1. The van der Waals surface area contributed by atoms with Crippen molar-refractivity contribution in [3.8, 4) is 0 Å². The fourth-order valence-corrected chi connectivity index (χ4v) is 4.62. The quantitative estimate of drug-likeness (QED) is 0.487. The van der Waals surface area contributed by atoms with Crippen molar-refractivity contribution < 1.29 is 14.5 Å². The van der Waals surface area contributed by atoms with Gasteiger partial charge in [0, 0.05) is 29.9 Å². The molecular formula is C22H25N5O4. The molecule has 2 fully saturated rings. The van der Waals surface area contributed by atoms with Gasteiger partial charge in [-0.05, 0) is 43.9 Å². The lowest BCUT2D eigenvalue weighted by Gasteiger charge is -2.38. The summed E-state index contributed by atoms with van der Waals surface area (Å²) in [6.45, 7) is 0.185. The van der Waals surface area contributed by atoms with Crippen molar-refractivity contribution >= 4 is 29.0 Å². The molecule has 2 heterocycles. The zero-order valence-electron chi connectivity index (χ0n) is 17.0. The predicted octanol–water partition coefficient (Wildman–Crippen LogP) is 3.35. The fourth-order valence-electron chi connectivity index (χ4n) is 4.62. The Hall–Kier alpha value is -3.46. The fraction of sp³-hybridized carbons (Fsp3) is 0.364. The lowest BCUT2D eigenvalue weighted by molar-refractivity contribution is -0.383. The topological polar surface area (TPSA) is 117 Å². The van der Waals surface area contributed by atoms with Gasteiger partial charge < -0.3 is 16.0 Å². The summed E-state index contributed by atoms with van der Waals surface area (Å²) in [5.41, 5.74) is 0.831. The van der Waals surface area contributed by atoms with E-state index in [0.717, 1.165) is 31.4 Å². The van der Waals surface area contributed by atoms with Crippen LogP contribution in [-0.2, 0) is 4.79 Å². The van der Waals surface area contributed by atoms with Crippen LogP contribution in [0.2, 0.25) is 0 Å². The molecule has 0 spiro atoms. The van der Waals surface area contributed by atoms with Crippen LogP contribution in [0.25, 0.3) is 0 Å². The van der Waals surface area contributed by atoms with Gasteiger partial charge in [0.25, 0.3) is 5.69 Å². The molecule has 2 aliphatic rings. The van der Waals surface area contributed by atoms with Crippen molar-refractivity contribution in [2.75, 3.05) is 17.2 Å². The highest BCUT2D eigenvalue weighted by atomic mass is 16.6. The summed E-state index contributed by atoms with van der Waals surface area (Å²) in [5.74, 6) is -0.264. The second-order valence-corrected chi connectivity index (χ2v) is 8.01. The van der Waals surface area contributed by atoms with Gasteiger partial charge in [0.1, 0.15) is 5.69 Å². The third-order valence-electron chi connectivity index (χ3n) is 5.95. The Bertz CT molecular complexity index is 953. The van der Waals surface area contributed by atoms with E-state index < -0.39 is 4.92 Å². The minimum atomic E-state index is -0.503. The maximum absolute atomic E-state index is 12.6. The average Bonchev–Trinajstić information content (AvgIpc) is 2.97. The number of nitro benzene ring substituents is 1. The summed E-state index contributed by atoms with van der Waals surface area (Å²) in [7, 11) is 0. The Balaban J connectivity index is 1.31. The van der Waals surface area contributed by atoms with Gasteiger partial charge >= 0.3 is 6.03 Å². The number of urea groups is 1. The van der Waals surface area contributed by atoms with Crippen LogP contribution in [-0.4, -0.2) is 46.4 Å². The number of carbonyl (C=O) groups excluding carboxylic acids is 2. The number of para-hydroxylation sites is 3. The highest BCUT2D eigenvalue weighted by Crippen LogP contribution is 2.35. The van der Waals surface area contributed by atoms with Crippen LogP contribution < -0.4 is 16.0 Å². The number of carbonyl (C=O) groups is 2. The van der Waals surface area contributed by atoms with Gasteiger partial charge in [0.2, 0.25) is 5.91 Å². The van der Waals surface area contributed by atoms with E-state index in [2.05, 4.69) is 20.9 Å². The van der Waals surface area contributed by atoms with E-state index in [1.165, 1.54) is 12.1 Å². The van der Waals surface area contributed by atoms with Gasteiger partial charge in [0.05, 0.1) is 11.5 Å². The summed E-state index contributed by atoms with van der Waals surface area (Å²) in [6, 6.07) is 15.7. The van der Waals surface area contributed by atoms with E-state index in [1.54, 1.807) is 12.1 Å². The zero-order valence-corrected chi connectivity index (χ0v) is 17.0. The molecule has 9 nitrogen and oxygen atoms in total. The Morgan fingerprint density at radius 2 is 1.61 bits per heavy atom. The molecule has 2 atom stereocenters. The molecule has 2 aromatic carbocycles. The van der Waals surface area contributed by atoms with Crippen LogP contribution in [0.15, 0.2) is 54.6 Å². The van der Waals surface area contributed by atoms with Gasteiger partial charge in [-0.15, -0.1) is 0 Å². The van der Waals surface area contributed by atoms with Crippen LogP contribution in [0.4, 0.5) is 21.9 Å². The van der Waals surface area contributed by atoms with Gasteiger partial charge in [-0.1, -0.05) is 30.3 Å². The molecule has 0 aliphatic carbocycles. The number of fused-ring (bicyclic) bond motifs is 2. The van der Waals surface area contributed by atoms with E-state index >= 15 is 0 Å². The van der Waals surface area contributed by atoms with Crippen LogP contribution >= 0.6 is 0 Å². The molecule has 2 aliphatic heterocycles. The highest BCUT2D eigenvalue weighted by Gasteiger charge is 2.41. The Morgan fingerprint density at radius 1 is 0.968 bits per heavy atom. The van der Waals surface area contributed by atoms with Crippen molar-refractivity contribution in [1.29, 1.82) is 0 Å². The van der Waals surface area contributed by atoms with Gasteiger partial charge in [-0.3, -0.25) is 19.8 Å². The standard InChI is InChI=1S/C22H25N5O4/c28-21(25-19-8-4-5-9-20(19)27(30)31)14-26-17-10-11-18(26)13-16(12-17)24-22(29)23-15-6-2-1-3-7-15/h1-9,16-18H,10-14H2,(H,25,28)(H2,23,24,29)/t17-,18-/m1/s1. The Labute approximate surface area is 180 Å². The maximum Gasteiger partial charge on any atom is 0.319 e. The van der Waals surface area contributed by atoms with Crippen molar-refractivity contribution in [2.45, 2.75) is 43.8 Å². The summed E-state index contributed by atoms with van der Waals surface area (Å²) >= 11 is 0. The van der Waals surface area contributed by atoms with E-state index in [1.807, 2.05) is 30.3 Å². The predicted molar refractivity (Wildman–Crippen MR) is 117 cm³/mol. The summed E-state index contributed by atoms with van der Waals surface area (Å²) < 4.78 is 0. The smallest absolute Gasteiger partial charge is 0.319 e. The number of amides is 3. The second kappa shape index (κ2) is 9.13. The Kier molecular flexibility index (Phi) is 6.13. The first kappa shape index (κ1) is 20.8. The second-order valence-electron chi connectivity index (χ2n) is 8.01. The molecule has 4 rings (SSSR count). The molecule has 31 heavy (non-hydrogen) atoms. The van der Waals surface area contributed by atoms with E-state index in [4.69, 9.17) is 0 Å². The van der Waals surface area contributed by atoms with Crippen LogP contribution in [0.5, 0.6) is 0 Å². The summed E-state index contributed by atoms with van der Waals surface area (Å²) in [4.78, 5) is 37.7. The van der Waals surface area contributed by atoms with Gasteiger partial charge in [-0.2, -0.15) is 0 Å². The first-order chi connectivity index (χ1) is 15.0. The highest BCUT2D eigenvalue weighted by molar-refractivity contribution is 5.94. The number of nitrogens with zero attached hydrogens (tertiary/aromatic N) is 2. The van der Waals surface area contributed by atoms with E-state index in [0.29, 0.717) is 0 Å². The average molecular weight is 423 g/mol. The molecule has 3 amide bonds. The first-order valence-corrected chi connectivity index (χ1v) is 10.4. The molecule has 0 unspecified atom stereocenters. The third kappa shape index (κ3) is 5.00. The summed E-state index contributed by atoms with van der Waals surface area (Å²) in [6.07, 6.45) is 3.50. The van der Waals surface area contributed by atoms with Crippen molar-refractivity contribution in [3.63, 3.8) is 0 Å². The molecule has 0 saturated carbocycles. The normalized spacial score (nSPS) is 22.5. The molecular weight excluding hydrogens is 398 g/mol. The summed E-state index contributed by atoms with van der Waals surface area (Å²) in [5, 5.41) is 19.7. The van der Waals surface area contributed by atoms with Gasteiger partial charge in [-0.25, -0.2) is 4.79 Å². The molecule has 0 radical (unpaired) electrons. The number of benzene rings is 2. The number of hydrogen-bond acceptors (Lipinski definition) is 5. The molecule has 2 saturated heterocycles. The number of rotatable bonds is 6. The number of anilines is 2. The third-order valence-corrected chi connectivity index (χ3v) is 5.95. The van der Waals surface area contributed by atoms with Crippen LogP contribution in [0.3, 0.4) is 0 Å². The molecule has 0 aromatic heterocycles. The lowest BCUT2D eigenvalue weighted by atomic mass is 9.97. The zero-order chi connectivity index (χ0) is 21.8. The molecule has 2 aromatic rings. The number of nitro groups is 1. The minimum absolute atomic E-state index is 0.0516. The molecule has 2 bridgehead atoms. The maximum atomic E-state index is 12.6. The largest absolute Gasteiger partial charge is 0.335 e. The lowest BCUT2D eigenvalue weighted by Crippen LogP contribution is -2.52. The first-order valence-electron chi connectivity index (χ1n) is 10.4. The van der Waals surface area contributed by atoms with Crippen molar-refractivity contribution in [3.05, 3.63) is 64.7 Å².